The first-order chi connectivity index (χ1) is 28.3. The van der Waals surface area contributed by atoms with Crippen molar-refractivity contribution in [2.45, 2.75) is 63.6 Å². The number of unbranched alkanes of at least 4 members (excludes halogenated alkanes) is 1. The molecule has 4 amide bonds. The average molecular weight is 785 g/mol. The zero-order chi connectivity index (χ0) is 39.8. The lowest BCUT2D eigenvalue weighted by Gasteiger charge is -2.35. The van der Waals surface area contributed by atoms with Crippen molar-refractivity contribution < 1.29 is 23.6 Å². The van der Waals surface area contributed by atoms with Crippen molar-refractivity contribution in [3.05, 3.63) is 102 Å². The normalized spacial score (nSPS) is 19.6. The van der Waals surface area contributed by atoms with Crippen LogP contribution in [-0.2, 0) is 20.9 Å². The summed E-state index contributed by atoms with van der Waals surface area (Å²) >= 11 is 0. The lowest BCUT2D eigenvalue weighted by atomic mass is 10.0. The van der Waals surface area contributed by atoms with Crippen LogP contribution in [0, 0.1) is 5.82 Å². The molecule has 9 rings (SSSR count). The molecule has 58 heavy (non-hydrogen) atoms. The van der Waals surface area contributed by atoms with Gasteiger partial charge in [-0.1, -0.05) is 24.3 Å². The van der Waals surface area contributed by atoms with E-state index in [-0.39, 0.29) is 36.0 Å². The molecule has 0 aliphatic carbocycles. The molecule has 3 fully saturated rings. The Kier molecular flexibility index (Phi) is 10.2. The van der Waals surface area contributed by atoms with Gasteiger partial charge in [-0.05, 0) is 91.8 Å². The van der Waals surface area contributed by atoms with Crippen LogP contribution in [0.1, 0.15) is 72.5 Å². The summed E-state index contributed by atoms with van der Waals surface area (Å²) in [6.07, 6.45) is 6.27. The van der Waals surface area contributed by atoms with Crippen LogP contribution in [0.25, 0.3) is 17.0 Å². The number of hydrogen-bond acceptors (Lipinski definition) is 10. The molecule has 0 saturated carbocycles. The van der Waals surface area contributed by atoms with Crippen molar-refractivity contribution in [1.29, 1.82) is 0 Å². The minimum Gasteiger partial charge on any atom is -0.385 e. The lowest BCUT2D eigenvalue weighted by Crippen LogP contribution is -2.52. The van der Waals surface area contributed by atoms with E-state index in [9.17, 15) is 23.6 Å². The first-order valence-corrected chi connectivity index (χ1v) is 20.2. The number of anilines is 3. The fourth-order valence-corrected chi connectivity index (χ4v) is 8.68. The van der Waals surface area contributed by atoms with E-state index in [0.29, 0.717) is 57.7 Å². The minimum absolute atomic E-state index is 0.0518. The van der Waals surface area contributed by atoms with E-state index in [1.807, 2.05) is 64.0 Å². The second-order valence-corrected chi connectivity index (χ2v) is 15.4. The van der Waals surface area contributed by atoms with Crippen LogP contribution in [-0.4, -0.2) is 98.3 Å². The third kappa shape index (κ3) is 7.43. The number of carbonyl (C=O) groups excluding carboxylic acids is 4. The van der Waals surface area contributed by atoms with E-state index >= 15 is 0 Å². The fraction of sp³-hybridized carbons (Fsp3) is 0.372. The number of imidazole rings is 1. The van der Waals surface area contributed by atoms with Crippen molar-refractivity contribution in [1.82, 2.24) is 34.7 Å². The minimum atomic E-state index is -0.635. The molecule has 2 N–H and O–H groups in total. The maximum absolute atomic E-state index is 14.1. The molecule has 2 aromatic carbocycles. The molecule has 0 bridgehead atoms. The summed E-state index contributed by atoms with van der Waals surface area (Å²) in [6.45, 7) is 4.42. The molecular formula is C43H45FN10O4. The largest absolute Gasteiger partial charge is 0.385 e. The molecule has 298 valence electrons. The molecule has 5 aromatic rings. The summed E-state index contributed by atoms with van der Waals surface area (Å²) in [6, 6.07) is 21.8. The smallest absolute Gasteiger partial charge is 0.255 e. The van der Waals surface area contributed by atoms with Crippen molar-refractivity contribution in [2.24, 2.45) is 0 Å². The summed E-state index contributed by atoms with van der Waals surface area (Å²) < 4.78 is 15.9. The van der Waals surface area contributed by atoms with Crippen LogP contribution in [0.4, 0.5) is 21.7 Å². The highest BCUT2D eigenvalue weighted by Crippen LogP contribution is 2.36. The highest BCUT2D eigenvalue weighted by Gasteiger charge is 2.39. The number of imide groups is 1. The quantitative estimate of drug-likeness (QED) is 0.139. The number of carbonyl (C=O) groups is 4. The number of piperazine rings is 1. The molecular weight excluding hydrogens is 740 g/mol. The van der Waals surface area contributed by atoms with Gasteiger partial charge in [-0.3, -0.25) is 24.5 Å². The van der Waals surface area contributed by atoms with Crippen LogP contribution in [0.3, 0.4) is 0 Å². The number of hydrogen-bond donors (Lipinski definition) is 2. The molecule has 15 heteroatoms. The Hall–Kier alpha value is -6.38. The first-order valence-electron chi connectivity index (χ1n) is 20.2. The molecule has 4 aliphatic heterocycles. The van der Waals surface area contributed by atoms with Gasteiger partial charge in [-0.25, -0.2) is 18.9 Å². The molecule has 1 unspecified atom stereocenters. The van der Waals surface area contributed by atoms with Crippen molar-refractivity contribution in [3.8, 4) is 11.4 Å². The van der Waals surface area contributed by atoms with E-state index in [0.717, 1.165) is 77.7 Å². The average Bonchev–Trinajstić information content (AvgIpc) is 3.98. The molecule has 3 aromatic heterocycles. The van der Waals surface area contributed by atoms with E-state index in [2.05, 4.69) is 25.4 Å². The van der Waals surface area contributed by atoms with Crippen molar-refractivity contribution >= 4 is 46.6 Å². The SMILES string of the molecule is O=C1CCC(N2Cc3ccc(NCCCCC(=O)N4CCN(c5cccc(-c6cnc7ccc(N8CCC[C@@H]8c8cccc(F)c8)nn67)n5)CC4)cc3C2=O)C(=O)N1. The van der Waals surface area contributed by atoms with Gasteiger partial charge in [0.1, 0.15) is 29.2 Å². The van der Waals surface area contributed by atoms with Gasteiger partial charge in [0.25, 0.3) is 5.91 Å². The van der Waals surface area contributed by atoms with Crippen LogP contribution in [0.5, 0.6) is 0 Å². The zero-order valence-electron chi connectivity index (χ0n) is 32.1. The van der Waals surface area contributed by atoms with Crippen LogP contribution < -0.4 is 20.4 Å². The second-order valence-electron chi connectivity index (χ2n) is 15.4. The van der Waals surface area contributed by atoms with Crippen LogP contribution in [0.2, 0.25) is 0 Å². The standard InChI is InChI=1S/C43H45FN10O4/c44-30-7-3-6-28(24-30)34-9-5-19-52(34)39-16-15-37-46-26-36(54(37)49-39)33-8-4-10-38(47-33)50-20-22-51(23-21-50)41(56)11-1-2-18-45-31-13-12-29-27-53(43(58)32(29)25-31)35-14-17-40(55)48-42(35)57/h3-4,6-8,10,12-13,15-16,24-26,34-35,45H,1-2,5,9,11,14,17-23,27H2,(H,48,55,57)/t34-,35?/m1/s1. The molecule has 3 saturated heterocycles. The summed E-state index contributed by atoms with van der Waals surface area (Å²) in [7, 11) is 0. The number of piperidine rings is 1. The lowest BCUT2D eigenvalue weighted by molar-refractivity contribution is -0.137. The zero-order valence-corrected chi connectivity index (χ0v) is 32.1. The Morgan fingerprint density at radius 2 is 1.72 bits per heavy atom. The number of aromatic nitrogens is 4. The second kappa shape index (κ2) is 15.9. The van der Waals surface area contributed by atoms with E-state index in [1.165, 1.54) is 6.07 Å². The highest BCUT2D eigenvalue weighted by molar-refractivity contribution is 6.05. The monoisotopic (exact) mass is 784 g/mol. The Labute approximate surface area is 335 Å². The summed E-state index contributed by atoms with van der Waals surface area (Å²) in [5.41, 5.74) is 5.46. The number of pyridine rings is 1. The van der Waals surface area contributed by atoms with E-state index < -0.39 is 11.9 Å². The molecule has 7 heterocycles. The molecule has 14 nitrogen and oxygen atoms in total. The number of rotatable bonds is 11. The van der Waals surface area contributed by atoms with Crippen LogP contribution >= 0.6 is 0 Å². The number of benzene rings is 2. The number of nitrogens with one attached hydrogen (secondary N) is 2. The molecule has 2 atom stereocenters. The first kappa shape index (κ1) is 37.2. The van der Waals surface area contributed by atoms with Gasteiger partial charge in [0.05, 0.1) is 17.9 Å². The van der Waals surface area contributed by atoms with Gasteiger partial charge in [0.15, 0.2) is 5.65 Å². The summed E-state index contributed by atoms with van der Waals surface area (Å²) in [5.74, 6) is 0.638. The number of amides is 4. The number of halogens is 1. The van der Waals surface area contributed by atoms with Gasteiger partial charge < -0.3 is 24.9 Å². The predicted molar refractivity (Wildman–Crippen MR) is 216 cm³/mol. The van der Waals surface area contributed by atoms with Crippen molar-refractivity contribution in [2.75, 3.05) is 54.4 Å². The van der Waals surface area contributed by atoms with Gasteiger partial charge in [0.2, 0.25) is 17.7 Å². The van der Waals surface area contributed by atoms with Gasteiger partial charge in [0, 0.05) is 69.9 Å². The molecule has 4 aliphatic rings. The summed E-state index contributed by atoms with van der Waals surface area (Å²) in [5, 5.41) is 10.7. The Balaban J connectivity index is 0.755. The van der Waals surface area contributed by atoms with Gasteiger partial charge in [-0.2, -0.15) is 0 Å². The van der Waals surface area contributed by atoms with E-state index in [1.54, 1.807) is 23.2 Å². The third-order valence-electron chi connectivity index (χ3n) is 11.8. The topological polar surface area (TPSA) is 148 Å². The van der Waals surface area contributed by atoms with Crippen LogP contribution in [0.15, 0.2) is 79.0 Å². The Morgan fingerprint density at radius 1 is 0.862 bits per heavy atom. The Bertz CT molecular complexity index is 2390. The number of fused-ring (bicyclic) bond motifs is 2. The Morgan fingerprint density at radius 3 is 2.57 bits per heavy atom. The summed E-state index contributed by atoms with van der Waals surface area (Å²) in [4.78, 5) is 67.8. The highest BCUT2D eigenvalue weighted by atomic mass is 19.1. The van der Waals surface area contributed by atoms with Crippen molar-refractivity contribution in [3.63, 3.8) is 0 Å². The molecule has 0 spiro atoms. The molecule has 0 radical (unpaired) electrons. The van der Waals surface area contributed by atoms with Gasteiger partial charge in [-0.15, -0.1) is 5.10 Å². The predicted octanol–water partition coefficient (Wildman–Crippen LogP) is 4.96. The third-order valence-corrected chi connectivity index (χ3v) is 11.8. The maximum Gasteiger partial charge on any atom is 0.255 e. The fourth-order valence-electron chi connectivity index (χ4n) is 8.68. The van der Waals surface area contributed by atoms with Gasteiger partial charge >= 0.3 is 0 Å². The number of nitrogens with zero attached hydrogens (tertiary/aromatic N) is 8. The van der Waals surface area contributed by atoms with E-state index in [4.69, 9.17) is 10.1 Å². The maximum atomic E-state index is 14.1.